The first-order chi connectivity index (χ1) is 14.8. The molecule has 3 rings (SSSR count). The molecule has 0 fully saturated rings. The Bertz CT molecular complexity index is 1160. The Morgan fingerprint density at radius 1 is 1.22 bits per heavy atom. The Kier molecular flexibility index (Phi) is 6.39. The van der Waals surface area contributed by atoms with Crippen molar-refractivity contribution >= 4 is 34.3 Å². The number of hydrogen-bond donors (Lipinski definition) is 1. The van der Waals surface area contributed by atoms with Gasteiger partial charge in [0.05, 0.1) is 12.1 Å². The van der Waals surface area contributed by atoms with Crippen molar-refractivity contribution in [3.8, 4) is 11.1 Å². The van der Waals surface area contributed by atoms with Gasteiger partial charge in [-0.2, -0.15) is 8.78 Å². The second-order valence-corrected chi connectivity index (χ2v) is 8.98. The van der Waals surface area contributed by atoms with E-state index >= 15 is 0 Å². The minimum absolute atomic E-state index is 0.168. The number of carbonyl (C=O) groups excluding carboxylic acids is 2. The van der Waals surface area contributed by atoms with Gasteiger partial charge in [0.1, 0.15) is 11.4 Å². The van der Waals surface area contributed by atoms with E-state index in [-0.39, 0.29) is 17.0 Å². The van der Waals surface area contributed by atoms with Crippen LogP contribution in [0.5, 0.6) is 0 Å². The van der Waals surface area contributed by atoms with Crippen LogP contribution in [0.3, 0.4) is 0 Å². The SMILES string of the molecule is CCOC(=O)C(F)(F)C(O)c1cc(-c2cn(C(=O)OC(C)(C)C)c3cc(F)ccc23)cs1. The third kappa shape index (κ3) is 4.66. The lowest BCUT2D eigenvalue weighted by Crippen LogP contribution is -2.37. The number of nitrogens with zero attached hydrogens (tertiary/aromatic N) is 1. The number of aliphatic hydroxyl groups excluding tert-OH is 1. The second-order valence-electron chi connectivity index (χ2n) is 8.04. The highest BCUT2D eigenvalue weighted by Gasteiger charge is 2.49. The topological polar surface area (TPSA) is 77.8 Å². The lowest BCUT2D eigenvalue weighted by atomic mass is 10.1. The molecule has 0 aliphatic rings. The van der Waals surface area contributed by atoms with Gasteiger partial charge in [-0.05, 0) is 62.9 Å². The molecule has 172 valence electrons. The van der Waals surface area contributed by atoms with Gasteiger partial charge in [-0.25, -0.2) is 14.0 Å². The lowest BCUT2D eigenvalue weighted by molar-refractivity contribution is -0.188. The number of aliphatic hydroxyl groups is 1. The molecule has 0 bridgehead atoms. The fourth-order valence-corrected chi connectivity index (χ4v) is 3.98. The first-order valence-corrected chi connectivity index (χ1v) is 10.6. The Morgan fingerprint density at radius 3 is 2.53 bits per heavy atom. The van der Waals surface area contributed by atoms with Crippen LogP contribution in [0.2, 0.25) is 0 Å². The Hall–Kier alpha value is -2.85. The molecular formula is C22H22F3NO5S. The van der Waals surface area contributed by atoms with Crippen LogP contribution >= 0.6 is 11.3 Å². The van der Waals surface area contributed by atoms with Crippen molar-refractivity contribution in [3.05, 3.63) is 46.5 Å². The van der Waals surface area contributed by atoms with Crippen molar-refractivity contribution in [2.24, 2.45) is 0 Å². The van der Waals surface area contributed by atoms with Gasteiger partial charge in [0.2, 0.25) is 0 Å². The number of benzene rings is 1. The van der Waals surface area contributed by atoms with E-state index in [1.54, 1.807) is 20.8 Å². The number of aromatic nitrogens is 1. The number of carbonyl (C=O) groups is 2. The predicted molar refractivity (Wildman–Crippen MR) is 113 cm³/mol. The van der Waals surface area contributed by atoms with Crippen LogP contribution in [0.25, 0.3) is 22.0 Å². The molecule has 0 aliphatic carbocycles. The van der Waals surface area contributed by atoms with E-state index in [9.17, 15) is 27.9 Å². The normalized spacial score (nSPS) is 13.2. The summed E-state index contributed by atoms with van der Waals surface area (Å²) in [5.41, 5.74) is 0.293. The number of halogens is 3. The van der Waals surface area contributed by atoms with Crippen molar-refractivity contribution in [3.63, 3.8) is 0 Å². The molecule has 0 saturated carbocycles. The molecule has 0 spiro atoms. The lowest BCUT2D eigenvalue weighted by Gasteiger charge is -2.19. The molecule has 0 saturated heterocycles. The van der Waals surface area contributed by atoms with E-state index in [1.807, 2.05) is 0 Å². The van der Waals surface area contributed by atoms with Crippen molar-refractivity contribution < 1.29 is 37.3 Å². The van der Waals surface area contributed by atoms with Crippen LogP contribution in [-0.2, 0) is 14.3 Å². The number of hydrogen-bond acceptors (Lipinski definition) is 6. The number of thiophene rings is 1. The number of esters is 1. The number of alkyl halides is 2. The van der Waals surface area contributed by atoms with E-state index in [4.69, 9.17) is 4.74 Å². The highest BCUT2D eigenvalue weighted by molar-refractivity contribution is 7.10. The van der Waals surface area contributed by atoms with Crippen molar-refractivity contribution in [2.45, 2.75) is 45.3 Å². The molecule has 1 aromatic carbocycles. The van der Waals surface area contributed by atoms with E-state index < -0.39 is 35.5 Å². The van der Waals surface area contributed by atoms with Gasteiger partial charge in [-0.1, -0.05) is 0 Å². The minimum Gasteiger partial charge on any atom is -0.461 e. The average Bonchev–Trinajstić information content (AvgIpc) is 3.30. The van der Waals surface area contributed by atoms with Crippen LogP contribution in [0, 0.1) is 5.82 Å². The van der Waals surface area contributed by atoms with Gasteiger partial charge in [-0.15, -0.1) is 11.3 Å². The van der Waals surface area contributed by atoms with E-state index in [0.29, 0.717) is 16.5 Å². The molecular weight excluding hydrogens is 447 g/mol. The second kappa shape index (κ2) is 8.59. The maximum Gasteiger partial charge on any atom is 0.419 e. The third-order valence-electron chi connectivity index (χ3n) is 4.45. The molecule has 6 nitrogen and oxygen atoms in total. The molecule has 3 aromatic rings. The monoisotopic (exact) mass is 469 g/mol. The Labute approximate surface area is 186 Å². The van der Waals surface area contributed by atoms with Crippen molar-refractivity contribution in [1.82, 2.24) is 4.57 Å². The molecule has 1 atom stereocenters. The van der Waals surface area contributed by atoms with Crippen LogP contribution < -0.4 is 0 Å². The zero-order valence-corrected chi connectivity index (χ0v) is 18.6. The first kappa shape index (κ1) is 23.8. The van der Waals surface area contributed by atoms with Crippen LogP contribution in [-0.4, -0.2) is 39.9 Å². The molecule has 32 heavy (non-hydrogen) atoms. The Balaban J connectivity index is 2.04. The molecule has 2 heterocycles. The maximum absolute atomic E-state index is 14.2. The van der Waals surface area contributed by atoms with Crippen LogP contribution in [0.15, 0.2) is 35.8 Å². The van der Waals surface area contributed by atoms with Gasteiger partial charge in [0, 0.05) is 22.0 Å². The quantitative estimate of drug-likeness (QED) is 0.498. The molecule has 1 unspecified atom stereocenters. The van der Waals surface area contributed by atoms with Crippen molar-refractivity contribution in [1.29, 1.82) is 0 Å². The minimum atomic E-state index is -4.13. The van der Waals surface area contributed by atoms with Crippen LogP contribution in [0.1, 0.15) is 38.7 Å². The predicted octanol–water partition coefficient (Wildman–Crippen LogP) is 5.52. The molecule has 0 aliphatic heterocycles. The first-order valence-electron chi connectivity index (χ1n) is 9.71. The zero-order chi connectivity index (χ0) is 23.8. The number of rotatable bonds is 5. The molecule has 10 heteroatoms. The summed E-state index contributed by atoms with van der Waals surface area (Å²) >= 11 is 0.817. The third-order valence-corrected chi connectivity index (χ3v) is 5.43. The number of ether oxygens (including phenoxy) is 2. The summed E-state index contributed by atoms with van der Waals surface area (Å²) in [6.07, 6.45) is -1.72. The summed E-state index contributed by atoms with van der Waals surface area (Å²) in [5.74, 6) is -6.52. The van der Waals surface area contributed by atoms with Gasteiger partial charge >= 0.3 is 18.0 Å². The summed E-state index contributed by atoms with van der Waals surface area (Å²) in [6.45, 7) is 6.20. The fourth-order valence-electron chi connectivity index (χ4n) is 3.05. The highest BCUT2D eigenvalue weighted by Crippen LogP contribution is 2.40. The molecule has 2 aromatic heterocycles. The van der Waals surface area contributed by atoms with E-state index in [0.717, 1.165) is 15.9 Å². The summed E-state index contributed by atoms with van der Waals surface area (Å²) in [5, 5.41) is 12.1. The summed E-state index contributed by atoms with van der Waals surface area (Å²) < 4.78 is 53.2. The van der Waals surface area contributed by atoms with E-state index in [1.165, 1.54) is 42.8 Å². The average molecular weight is 469 g/mol. The summed E-state index contributed by atoms with van der Waals surface area (Å²) in [4.78, 5) is 24.0. The smallest absolute Gasteiger partial charge is 0.419 e. The van der Waals surface area contributed by atoms with Gasteiger partial charge < -0.3 is 14.6 Å². The highest BCUT2D eigenvalue weighted by atomic mass is 32.1. The maximum atomic E-state index is 14.2. The standard InChI is InChI=1S/C22H22F3NO5S/c1-5-30-19(28)22(24,25)18(27)17-8-12(11-32-17)15-10-26(20(29)31-21(2,3)4)16-9-13(23)6-7-14(15)16/h6-11,18,27H,5H2,1-4H3. The largest absolute Gasteiger partial charge is 0.461 e. The summed E-state index contributed by atoms with van der Waals surface area (Å²) in [6, 6.07) is 5.13. The van der Waals surface area contributed by atoms with Gasteiger partial charge in [-0.3, -0.25) is 4.57 Å². The van der Waals surface area contributed by atoms with E-state index in [2.05, 4.69) is 4.74 Å². The van der Waals surface area contributed by atoms with Crippen molar-refractivity contribution in [2.75, 3.05) is 6.61 Å². The fraction of sp³-hybridized carbons (Fsp3) is 0.364. The van der Waals surface area contributed by atoms with Crippen LogP contribution in [0.4, 0.5) is 18.0 Å². The Morgan fingerprint density at radius 2 is 1.91 bits per heavy atom. The summed E-state index contributed by atoms with van der Waals surface area (Å²) in [7, 11) is 0. The van der Waals surface area contributed by atoms with Gasteiger partial charge in [0.15, 0.2) is 6.10 Å². The van der Waals surface area contributed by atoms with Gasteiger partial charge in [0.25, 0.3) is 0 Å². The zero-order valence-electron chi connectivity index (χ0n) is 17.8. The molecule has 0 amide bonds. The number of fused-ring (bicyclic) bond motifs is 1. The molecule has 1 N–H and O–H groups in total. The molecule has 0 radical (unpaired) electrons.